The normalized spacial score (nSPS) is 40.7. The molecule has 4 atom stereocenters. The molecule has 0 aliphatic heterocycles. The summed E-state index contributed by atoms with van der Waals surface area (Å²) >= 11 is 0. The molecule has 1 saturated carbocycles. The number of carbonyl (C=O) groups excluding carboxylic acids is 2. The van der Waals surface area contributed by atoms with Gasteiger partial charge >= 0.3 is 0 Å². The van der Waals surface area contributed by atoms with Gasteiger partial charge in [-0.25, -0.2) is 0 Å². The van der Waals surface area contributed by atoms with Crippen LogP contribution in [0.25, 0.3) is 0 Å². The van der Waals surface area contributed by atoms with Crippen LogP contribution in [-0.4, -0.2) is 25.5 Å². The Bertz CT molecular complexity index is 500. The molecular formula is C15H20O3Si. The van der Waals surface area contributed by atoms with Crippen LogP contribution in [0.2, 0.25) is 19.6 Å². The minimum atomic E-state index is -1.78. The number of fused-ring (bicyclic) bond motifs is 1. The lowest BCUT2D eigenvalue weighted by molar-refractivity contribution is -0.144. The van der Waals surface area contributed by atoms with E-state index in [0.29, 0.717) is 0 Å². The van der Waals surface area contributed by atoms with E-state index in [1.807, 2.05) is 0 Å². The van der Waals surface area contributed by atoms with Crippen LogP contribution in [0.3, 0.4) is 0 Å². The quantitative estimate of drug-likeness (QED) is 0.575. The average molecular weight is 276 g/mol. The molecule has 3 nitrogen and oxygen atoms in total. The highest BCUT2D eigenvalue weighted by atomic mass is 28.4. The molecule has 0 heterocycles. The Labute approximate surface area is 114 Å². The first-order valence-electron chi connectivity index (χ1n) is 6.98. The van der Waals surface area contributed by atoms with E-state index in [1.54, 1.807) is 0 Å². The third-order valence-electron chi connectivity index (χ3n) is 4.38. The number of hydrogen-bond donors (Lipinski definition) is 0. The fourth-order valence-electron chi connectivity index (χ4n) is 3.86. The van der Waals surface area contributed by atoms with Gasteiger partial charge in [-0.2, -0.15) is 0 Å². The predicted octanol–water partition coefficient (Wildman–Crippen LogP) is 2.50. The molecular weight excluding hydrogens is 256 g/mol. The van der Waals surface area contributed by atoms with E-state index in [0.717, 1.165) is 12.8 Å². The zero-order chi connectivity index (χ0) is 13.8. The van der Waals surface area contributed by atoms with Crippen molar-refractivity contribution < 1.29 is 14.0 Å². The smallest absolute Gasteiger partial charge is 0.184 e. The molecule has 0 aromatic heterocycles. The monoisotopic (exact) mass is 276 g/mol. The SMILES string of the molecule is C[Si](C)(C)OC12C=CC(CC1)C1C(=O)C=CC(=O)C12. The molecule has 0 spiro atoms. The summed E-state index contributed by atoms with van der Waals surface area (Å²) in [6.45, 7) is 6.41. The van der Waals surface area contributed by atoms with Gasteiger partial charge in [0.2, 0.25) is 0 Å². The minimum absolute atomic E-state index is 0.0666. The first kappa shape index (κ1) is 13.0. The first-order chi connectivity index (χ1) is 8.82. The standard InChI is InChI=1S/C15H20O3Si/c1-19(2,3)18-15-8-6-10(7-9-15)13-11(16)4-5-12(17)14(13)15/h4-6,8,10,13-14H,7,9H2,1-3H3. The van der Waals surface area contributed by atoms with E-state index in [9.17, 15) is 9.59 Å². The van der Waals surface area contributed by atoms with Crippen molar-refractivity contribution in [3.8, 4) is 0 Å². The van der Waals surface area contributed by atoms with Gasteiger partial charge in [0.15, 0.2) is 19.9 Å². The number of rotatable bonds is 2. The van der Waals surface area contributed by atoms with E-state index >= 15 is 0 Å². The minimum Gasteiger partial charge on any atom is -0.408 e. The third-order valence-corrected chi connectivity index (χ3v) is 5.38. The van der Waals surface area contributed by atoms with Gasteiger partial charge in [-0.3, -0.25) is 9.59 Å². The molecule has 0 amide bonds. The summed E-state index contributed by atoms with van der Waals surface area (Å²) in [6.07, 6.45) is 8.91. The second-order valence-corrected chi connectivity index (χ2v) is 11.3. The summed E-state index contributed by atoms with van der Waals surface area (Å²) in [6, 6.07) is 0. The number of allylic oxidation sites excluding steroid dienone is 3. The lowest BCUT2D eigenvalue weighted by Crippen LogP contribution is -2.60. The molecule has 4 aliphatic carbocycles. The van der Waals surface area contributed by atoms with Crippen LogP contribution in [-0.2, 0) is 14.0 Å². The van der Waals surface area contributed by atoms with Crippen molar-refractivity contribution in [1.29, 1.82) is 0 Å². The first-order valence-corrected chi connectivity index (χ1v) is 10.4. The topological polar surface area (TPSA) is 43.4 Å². The third kappa shape index (κ3) is 1.97. The lowest BCUT2D eigenvalue weighted by atomic mass is 9.56. The summed E-state index contributed by atoms with van der Waals surface area (Å²) in [7, 11) is -1.78. The maximum Gasteiger partial charge on any atom is 0.184 e. The number of ketones is 2. The van der Waals surface area contributed by atoms with E-state index in [2.05, 4.69) is 31.8 Å². The van der Waals surface area contributed by atoms with Gasteiger partial charge in [-0.05, 0) is 50.6 Å². The van der Waals surface area contributed by atoms with Crippen molar-refractivity contribution in [3.63, 3.8) is 0 Å². The van der Waals surface area contributed by atoms with E-state index in [1.165, 1.54) is 12.2 Å². The second kappa shape index (κ2) is 3.99. The van der Waals surface area contributed by atoms with Crippen molar-refractivity contribution in [2.45, 2.75) is 38.1 Å². The molecule has 0 aromatic rings. The molecule has 102 valence electrons. The zero-order valence-corrected chi connectivity index (χ0v) is 12.7. The number of hydrogen-bond acceptors (Lipinski definition) is 3. The second-order valence-electron chi connectivity index (χ2n) is 6.87. The molecule has 0 aromatic carbocycles. The predicted molar refractivity (Wildman–Crippen MR) is 75.2 cm³/mol. The van der Waals surface area contributed by atoms with Crippen LogP contribution in [0.4, 0.5) is 0 Å². The highest BCUT2D eigenvalue weighted by Gasteiger charge is 2.57. The molecule has 19 heavy (non-hydrogen) atoms. The van der Waals surface area contributed by atoms with Crippen LogP contribution in [0.1, 0.15) is 12.8 Å². The molecule has 0 N–H and O–H groups in total. The van der Waals surface area contributed by atoms with Gasteiger partial charge in [0.05, 0.1) is 11.5 Å². The molecule has 1 fully saturated rings. The maximum atomic E-state index is 12.3. The fraction of sp³-hybridized carbons (Fsp3) is 0.600. The van der Waals surface area contributed by atoms with Gasteiger partial charge in [-0.1, -0.05) is 12.2 Å². The fourth-order valence-corrected chi connectivity index (χ4v) is 5.30. The summed E-state index contributed by atoms with van der Waals surface area (Å²) in [5, 5.41) is 0. The van der Waals surface area contributed by atoms with E-state index in [4.69, 9.17) is 4.43 Å². The van der Waals surface area contributed by atoms with E-state index in [-0.39, 0.29) is 29.3 Å². The van der Waals surface area contributed by atoms with Gasteiger partial charge < -0.3 is 4.43 Å². The maximum absolute atomic E-state index is 12.3. The van der Waals surface area contributed by atoms with Crippen LogP contribution in [0.15, 0.2) is 24.3 Å². The van der Waals surface area contributed by atoms with Crippen LogP contribution in [0.5, 0.6) is 0 Å². The van der Waals surface area contributed by atoms with Crippen molar-refractivity contribution in [2.75, 3.05) is 0 Å². The Morgan fingerprint density at radius 3 is 2.47 bits per heavy atom. The number of carbonyl (C=O) groups is 2. The zero-order valence-electron chi connectivity index (χ0n) is 11.7. The van der Waals surface area contributed by atoms with Crippen molar-refractivity contribution in [1.82, 2.24) is 0 Å². The summed E-state index contributed by atoms with van der Waals surface area (Å²) in [5.41, 5.74) is -0.526. The van der Waals surface area contributed by atoms with Gasteiger partial charge in [0.25, 0.3) is 0 Å². The molecule has 0 radical (unpaired) electrons. The molecule has 4 unspecified atom stereocenters. The Kier molecular flexibility index (Phi) is 2.73. The largest absolute Gasteiger partial charge is 0.408 e. The summed E-state index contributed by atoms with van der Waals surface area (Å²) < 4.78 is 6.39. The molecule has 4 aliphatic rings. The van der Waals surface area contributed by atoms with Gasteiger partial charge in [0, 0.05) is 5.92 Å². The Balaban J connectivity index is 2.06. The summed E-state index contributed by atoms with van der Waals surface area (Å²) in [4.78, 5) is 24.5. The Morgan fingerprint density at radius 2 is 1.89 bits per heavy atom. The summed E-state index contributed by atoms with van der Waals surface area (Å²) in [5.74, 6) is -0.0920. The Morgan fingerprint density at radius 1 is 1.21 bits per heavy atom. The van der Waals surface area contributed by atoms with E-state index < -0.39 is 13.9 Å². The lowest BCUT2D eigenvalue weighted by Gasteiger charge is -2.53. The Hall–Kier alpha value is -1.00. The van der Waals surface area contributed by atoms with Gasteiger partial charge in [0.1, 0.15) is 0 Å². The van der Waals surface area contributed by atoms with Crippen molar-refractivity contribution in [3.05, 3.63) is 24.3 Å². The molecule has 4 rings (SSSR count). The van der Waals surface area contributed by atoms with Gasteiger partial charge in [-0.15, -0.1) is 0 Å². The molecule has 0 saturated heterocycles. The average Bonchev–Trinajstić information content (AvgIpc) is 2.32. The van der Waals surface area contributed by atoms with Crippen LogP contribution < -0.4 is 0 Å². The van der Waals surface area contributed by atoms with Crippen molar-refractivity contribution in [2.24, 2.45) is 17.8 Å². The molecule has 2 bridgehead atoms. The van der Waals surface area contributed by atoms with Crippen LogP contribution >= 0.6 is 0 Å². The molecule has 4 heteroatoms. The highest BCUT2D eigenvalue weighted by molar-refractivity contribution is 6.69. The highest BCUT2D eigenvalue weighted by Crippen LogP contribution is 2.52. The van der Waals surface area contributed by atoms with Crippen LogP contribution in [0, 0.1) is 17.8 Å². The van der Waals surface area contributed by atoms with Crippen molar-refractivity contribution >= 4 is 19.9 Å².